The summed E-state index contributed by atoms with van der Waals surface area (Å²) in [7, 11) is 3.95. The molecule has 0 aliphatic rings. The molecule has 6 nitrogen and oxygen atoms in total. The molecule has 6 heteroatoms. The molecular formula is C25H36N4O2. The molecule has 3 amide bonds. The van der Waals surface area contributed by atoms with Gasteiger partial charge in [-0.1, -0.05) is 37.3 Å². The van der Waals surface area contributed by atoms with Crippen LogP contribution in [0.4, 0.5) is 16.2 Å². The zero-order valence-corrected chi connectivity index (χ0v) is 19.8. The molecule has 0 bridgehead atoms. The molecule has 0 aromatic heterocycles. The highest BCUT2D eigenvalue weighted by Crippen LogP contribution is 2.29. The van der Waals surface area contributed by atoms with E-state index in [0.29, 0.717) is 13.0 Å². The van der Waals surface area contributed by atoms with Crippen LogP contribution in [0.15, 0.2) is 48.5 Å². The van der Waals surface area contributed by atoms with Gasteiger partial charge in [-0.15, -0.1) is 0 Å². The molecule has 2 rings (SSSR count). The molecule has 0 unspecified atom stereocenters. The Morgan fingerprint density at radius 3 is 2.23 bits per heavy atom. The Morgan fingerprint density at radius 2 is 1.68 bits per heavy atom. The number of urea groups is 1. The zero-order chi connectivity index (χ0) is 23.2. The SMILES string of the molecule is CCC(=O)Nc1ccc(N(C)C)c(CN(C(=O)NC(C)(C)C)[C@H](C)c2ccccc2)c1. The highest BCUT2D eigenvalue weighted by atomic mass is 16.2. The summed E-state index contributed by atoms with van der Waals surface area (Å²) in [5.74, 6) is -0.0384. The third-order valence-corrected chi connectivity index (χ3v) is 5.00. The van der Waals surface area contributed by atoms with E-state index in [1.165, 1.54) is 0 Å². The van der Waals surface area contributed by atoms with Crippen molar-refractivity contribution in [3.05, 3.63) is 59.7 Å². The Morgan fingerprint density at radius 1 is 1.03 bits per heavy atom. The average molecular weight is 425 g/mol. The molecule has 0 fully saturated rings. The van der Waals surface area contributed by atoms with E-state index in [1.807, 2.05) is 107 Å². The second kappa shape index (κ2) is 10.3. The molecule has 0 heterocycles. The van der Waals surface area contributed by atoms with Gasteiger partial charge in [-0.05, 0) is 57.0 Å². The Bertz CT molecular complexity index is 888. The minimum absolute atomic E-state index is 0.0384. The molecule has 168 valence electrons. The minimum Gasteiger partial charge on any atom is -0.377 e. The van der Waals surface area contributed by atoms with Crippen molar-refractivity contribution in [1.82, 2.24) is 10.2 Å². The largest absolute Gasteiger partial charge is 0.377 e. The van der Waals surface area contributed by atoms with Crippen molar-refractivity contribution < 1.29 is 9.59 Å². The Labute approximate surface area is 186 Å². The van der Waals surface area contributed by atoms with Crippen LogP contribution in [-0.4, -0.2) is 36.5 Å². The van der Waals surface area contributed by atoms with Crippen LogP contribution in [0.2, 0.25) is 0 Å². The van der Waals surface area contributed by atoms with Crippen LogP contribution in [0.25, 0.3) is 0 Å². The smallest absolute Gasteiger partial charge is 0.318 e. The molecule has 0 saturated heterocycles. The van der Waals surface area contributed by atoms with Crippen molar-refractivity contribution in [1.29, 1.82) is 0 Å². The van der Waals surface area contributed by atoms with Gasteiger partial charge in [0.2, 0.25) is 5.91 Å². The number of hydrogen-bond donors (Lipinski definition) is 2. The molecule has 1 atom stereocenters. The van der Waals surface area contributed by atoms with Crippen LogP contribution < -0.4 is 15.5 Å². The molecule has 31 heavy (non-hydrogen) atoms. The fourth-order valence-electron chi connectivity index (χ4n) is 3.35. The topological polar surface area (TPSA) is 64.7 Å². The van der Waals surface area contributed by atoms with Gasteiger partial charge < -0.3 is 20.4 Å². The maximum Gasteiger partial charge on any atom is 0.318 e. The van der Waals surface area contributed by atoms with Crippen LogP contribution in [-0.2, 0) is 11.3 Å². The van der Waals surface area contributed by atoms with E-state index in [0.717, 1.165) is 22.5 Å². The predicted octanol–water partition coefficient (Wildman–Crippen LogP) is 5.17. The van der Waals surface area contributed by atoms with E-state index in [9.17, 15) is 9.59 Å². The molecule has 0 spiro atoms. The van der Waals surface area contributed by atoms with Gasteiger partial charge in [-0.25, -0.2) is 4.79 Å². The van der Waals surface area contributed by atoms with Gasteiger partial charge >= 0.3 is 6.03 Å². The lowest BCUT2D eigenvalue weighted by Gasteiger charge is -2.34. The van der Waals surface area contributed by atoms with E-state index in [4.69, 9.17) is 0 Å². The third-order valence-electron chi connectivity index (χ3n) is 5.00. The molecular weight excluding hydrogens is 388 g/mol. The second-order valence-corrected chi connectivity index (χ2v) is 9.03. The number of benzene rings is 2. The Balaban J connectivity index is 2.45. The van der Waals surface area contributed by atoms with Crippen molar-refractivity contribution in [2.75, 3.05) is 24.3 Å². The summed E-state index contributed by atoms with van der Waals surface area (Å²) in [5, 5.41) is 6.02. The number of anilines is 2. The van der Waals surface area contributed by atoms with Gasteiger partial charge in [0.25, 0.3) is 0 Å². The van der Waals surface area contributed by atoms with E-state index in [1.54, 1.807) is 0 Å². The first-order chi connectivity index (χ1) is 14.5. The highest BCUT2D eigenvalue weighted by molar-refractivity contribution is 5.91. The lowest BCUT2D eigenvalue weighted by atomic mass is 10.0. The van der Waals surface area contributed by atoms with E-state index >= 15 is 0 Å². The number of nitrogens with one attached hydrogen (secondary N) is 2. The molecule has 0 aliphatic heterocycles. The average Bonchev–Trinajstić information content (AvgIpc) is 2.70. The summed E-state index contributed by atoms with van der Waals surface area (Å²) in [6.07, 6.45) is 0.413. The highest BCUT2D eigenvalue weighted by Gasteiger charge is 2.26. The van der Waals surface area contributed by atoms with E-state index < -0.39 is 0 Å². The zero-order valence-electron chi connectivity index (χ0n) is 19.8. The summed E-state index contributed by atoms with van der Waals surface area (Å²) >= 11 is 0. The van der Waals surface area contributed by atoms with Gasteiger partial charge in [0.15, 0.2) is 0 Å². The third kappa shape index (κ3) is 7.02. The molecule has 0 aliphatic carbocycles. The Hall–Kier alpha value is -3.02. The summed E-state index contributed by atoms with van der Waals surface area (Å²) in [6, 6.07) is 15.6. The fraction of sp³-hybridized carbons (Fsp3) is 0.440. The second-order valence-electron chi connectivity index (χ2n) is 9.03. The number of carbonyl (C=O) groups is 2. The number of hydrogen-bond acceptors (Lipinski definition) is 3. The van der Waals surface area contributed by atoms with Crippen molar-refractivity contribution in [3.8, 4) is 0 Å². The summed E-state index contributed by atoms with van der Waals surface area (Å²) in [6.45, 7) is 10.2. The molecule has 2 aromatic rings. The monoisotopic (exact) mass is 424 g/mol. The van der Waals surface area contributed by atoms with E-state index in [-0.39, 0.29) is 23.5 Å². The summed E-state index contributed by atoms with van der Waals surface area (Å²) in [5.41, 5.74) is 3.41. The lowest BCUT2D eigenvalue weighted by molar-refractivity contribution is -0.115. The number of rotatable bonds is 7. The van der Waals surface area contributed by atoms with Gasteiger partial charge in [0.1, 0.15) is 0 Å². The molecule has 0 saturated carbocycles. The quantitative estimate of drug-likeness (QED) is 0.644. The van der Waals surface area contributed by atoms with Gasteiger partial charge in [0, 0.05) is 37.4 Å². The van der Waals surface area contributed by atoms with Crippen molar-refractivity contribution in [3.63, 3.8) is 0 Å². The summed E-state index contributed by atoms with van der Waals surface area (Å²) < 4.78 is 0. The van der Waals surface area contributed by atoms with Crippen molar-refractivity contribution in [2.24, 2.45) is 0 Å². The maximum atomic E-state index is 13.3. The first-order valence-corrected chi connectivity index (χ1v) is 10.8. The fourth-order valence-corrected chi connectivity index (χ4v) is 3.35. The first kappa shape index (κ1) is 24.3. The van der Waals surface area contributed by atoms with Crippen LogP contribution >= 0.6 is 0 Å². The maximum absolute atomic E-state index is 13.3. The standard InChI is InChI=1S/C25H36N4O2/c1-8-23(30)26-21-14-15-22(28(6)7)20(16-21)17-29(24(31)27-25(3,4)5)18(2)19-12-10-9-11-13-19/h9-16,18H,8,17H2,1-7H3,(H,26,30)(H,27,31)/t18-/m1/s1. The number of amides is 3. The number of carbonyl (C=O) groups excluding carboxylic acids is 2. The summed E-state index contributed by atoms with van der Waals surface area (Å²) in [4.78, 5) is 29.1. The lowest BCUT2D eigenvalue weighted by Crippen LogP contribution is -2.49. The van der Waals surface area contributed by atoms with Gasteiger partial charge in [0.05, 0.1) is 12.6 Å². The minimum atomic E-state index is -0.354. The molecule has 0 radical (unpaired) electrons. The van der Waals surface area contributed by atoms with Crippen molar-refractivity contribution >= 4 is 23.3 Å². The van der Waals surface area contributed by atoms with Crippen LogP contribution in [0.3, 0.4) is 0 Å². The molecule has 2 aromatic carbocycles. The normalized spacial score (nSPS) is 12.1. The van der Waals surface area contributed by atoms with Crippen LogP contribution in [0, 0.1) is 0 Å². The van der Waals surface area contributed by atoms with Crippen LogP contribution in [0.1, 0.15) is 58.2 Å². The van der Waals surface area contributed by atoms with Gasteiger partial charge in [-0.3, -0.25) is 4.79 Å². The first-order valence-electron chi connectivity index (χ1n) is 10.8. The molecule has 2 N–H and O–H groups in total. The van der Waals surface area contributed by atoms with E-state index in [2.05, 4.69) is 10.6 Å². The number of nitrogens with zero attached hydrogens (tertiary/aromatic N) is 2. The predicted molar refractivity (Wildman–Crippen MR) is 128 cm³/mol. The Kier molecular flexibility index (Phi) is 8.08. The van der Waals surface area contributed by atoms with Crippen molar-refractivity contribution in [2.45, 2.75) is 59.2 Å². The van der Waals surface area contributed by atoms with Crippen LogP contribution in [0.5, 0.6) is 0 Å². The van der Waals surface area contributed by atoms with Gasteiger partial charge in [-0.2, -0.15) is 0 Å².